The first-order chi connectivity index (χ1) is 13.2. The number of amides is 1. The Morgan fingerprint density at radius 2 is 1.86 bits per heavy atom. The standard InChI is InChI=1S/C19H32N6OS.HI/c1-3-17-22-16(15-27-17)13-21-19(20-4-2)25-11-9-23(10-12-25)14-18(26)24-7-5-6-8-24;/h15H,3-14H2,1-2H3,(H,20,21);1H. The maximum absolute atomic E-state index is 12.3. The van der Waals surface area contributed by atoms with Crippen LogP contribution in [0.15, 0.2) is 10.4 Å². The molecule has 0 radical (unpaired) electrons. The number of likely N-dealkylation sites (tertiary alicyclic amines) is 1. The van der Waals surface area contributed by atoms with Crippen molar-refractivity contribution in [2.75, 3.05) is 52.4 Å². The van der Waals surface area contributed by atoms with E-state index in [1.165, 1.54) is 5.01 Å². The number of thiazole rings is 1. The summed E-state index contributed by atoms with van der Waals surface area (Å²) in [5, 5.41) is 6.67. The Morgan fingerprint density at radius 3 is 2.46 bits per heavy atom. The maximum Gasteiger partial charge on any atom is 0.236 e. The summed E-state index contributed by atoms with van der Waals surface area (Å²) in [6.45, 7) is 11.7. The lowest BCUT2D eigenvalue weighted by atomic mass is 10.3. The maximum atomic E-state index is 12.3. The van der Waals surface area contributed by atoms with E-state index in [1.54, 1.807) is 11.3 Å². The molecule has 28 heavy (non-hydrogen) atoms. The van der Waals surface area contributed by atoms with E-state index in [4.69, 9.17) is 4.99 Å². The fourth-order valence-electron chi connectivity index (χ4n) is 3.54. The number of piperazine rings is 1. The minimum Gasteiger partial charge on any atom is -0.357 e. The predicted molar refractivity (Wildman–Crippen MR) is 126 cm³/mol. The highest BCUT2D eigenvalue weighted by molar-refractivity contribution is 14.0. The zero-order valence-electron chi connectivity index (χ0n) is 17.0. The molecule has 0 atom stereocenters. The van der Waals surface area contributed by atoms with E-state index >= 15 is 0 Å². The third-order valence-corrected chi connectivity index (χ3v) is 6.16. The third-order valence-electron chi connectivity index (χ3n) is 5.12. The molecule has 1 N–H and O–H groups in total. The molecule has 2 saturated heterocycles. The van der Waals surface area contributed by atoms with Gasteiger partial charge in [0.2, 0.25) is 5.91 Å². The highest BCUT2D eigenvalue weighted by Gasteiger charge is 2.24. The van der Waals surface area contributed by atoms with Gasteiger partial charge in [0.1, 0.15) is 0 Å². The zero-order valence-corrected chi connectivity index (χ0v) is 20.2. The molecule has 0 unspecified atom stereocenters. The minimum atomic E-state index is 0. The molecule has 2 aliphatic rings. The summed E-state index contributed by atoms with van der Waals surface area (Å²) in [6.07, 6.45) is 3.29. The van der Waals surface area contributed by atoms with Gasteiger partial charge in [0.25, 0.3) is 0 Å². The highest BCUT2D eigenvalue weighted by atomic mass is 127. The Bertz CT molecular complexity index is 638. The molecule has 1 aromatic rings. The van der Waals surface area contributed by atoms with Crippen LogP contribution in [0.4, 0.5) is 0 Å². The van der Waals surface area contributed by atoms with E-state index in [0.717, 1.165) is 76.7 Å². The quantitative estimate of drug-likeness (QED) is 0.354. The van der Waals surface area contributed by atoms with E-state index in [9.17, 15) is 4.79 Å². The number of nitrogens with one attached hydrogen (secondary N) is 1. The van der Waals surface area contributed by atoms with Crippen molar-refractivity contribution < 1.29 is 4.79 Å². The van der Waals surface area contributed by atoms with Gasteiger partial charge < -0.3 is 15.1 Å². The summed E-state index contributed by atoms with van der Waals surface area (Å²) < 4.78 is 0. The van der Waals surface area contributed by atoms with Crippen molar-refractivity contribution in [3.8, 4) is 0 Å². The van der Waals surface area contributed by atoms with Gasteiger partial charge in [-0.2, -0.15) is 0 Å². The highest BCUT2D eigenvalue weighted by Crippen LogP contribution is 2.12. The topological polar surface area (TPSA) is 64.1 Å². The SMILES string of the molecule is CCNC(=NCc1csc(CC)n1)N1CCN(CC(=O)N2CCCC2)CC1.I. The fraction of sp³-hybridized carbons (Fsp3) is 0.737. The van der Waals surface area contributed by atoms with Gasteiger partial charge >= 0.3 is 0 Å². The molecule has 1 amide bonds. The van der Waals surface area contributed by atoms with E-state index < -0.39 is 0 Å². The molecular weight excluding hydrogens is 487 g/mol. The molecule has 0 aliphatic carbocycles. The number of aliphatic imine (C=N–C) groups is 1. The van der Waals surface area contributed by atoms with Crippen LogP contribution in [0, 0.1) is 0 Å². The molecule has 3 heterocycles. The van der Waals surface area contributed by atoms with Crippen LogP contribution in [0.2, 0.25) is 0 Å². The lowest BCUT2D eigenvalue weighted by Gasteiger charge is -2.36. The van der Waals surface area contributed by atoms with E-state index in [1.807, 2.05) is 4.90 Å². The van der Waals surface area contributed by atoms with Crippen LogP contribution in [0.1, 0.15) is 37.4 Å². The van der Waals surface area contributed by atoms with Gasteiger partial charge in [-0.25, -0.2) is 9.98 Å². The Labute approximate surface area is 189 Å². The van der Waals surface area contributed by atoms with E-state index in [0.29, 0.717) is 13.1 Å². The Balaban J connectivity index is 0.00000280. The monoisotopic (exact) mass is 520 g/mol. The van der Waals surface area contributed by atoms with Crippen LogP contribution in [-0.4, -0.2) is 83.9 Å². The average Bonchev–Trinajstić information content (AvgIpc) is 3.37. The average molecular weight is 520 g/mol. The molecule has 3 rings (SSSR count). The number of halogens is 1. The summed E-state index contributed by atoms with van der Waals surface area (Å²) in [5.41, 5.74) is 1.04. The first-order valence-corrected chi connectivity index (χ1v) is 11.0. The first-order valence-electron chi connectivity index (χ1n) is 10.2. The van der Waals surface area contributed by atoms with Crippen molar-refractivity contribution in [1.29, 1.82) is 0 Å². The minimum absolute atomic E-state index is 0. The number of nitrogens with zero attached hydrogens (tertiary/aromatic N) is 5. The number of aromatic nitrogens is 1. The number of aryl methyl sites for hydroxylation is 1. The zero-order chi connectivity index (χ0) is 19.1. The van der Waals surface area contributed by atoms with Gasteiger partial charge in [0, 0.05) is 51.2 Å². The lowest BCUT2D eigenvalue weighted by molar-refractivity contribution is -0.131. The number of hydrogen-bond acceptors (Lipinski definition) is 5. The van der Waals surface area contributed by atoms with Gasteiger partial charge in [-0.1, -0.05) is 6.92 Å². The molecule has 0 saturated carbocycles. The summed E-state index contributed by atoms with van der Waals surface area (Å²) >= 11 is 1.71. The van der Waals surface area contributed by atoms with Crippen LogP contribution < -0.4 is 5.32 Å². The molecule has 1 aromatic heterocycles. The third kappa shape index (κ3) is 6.55. The van der Waals surface area contributed by atoms with Gasteiger partial charge in [-0.05, 0) is 26.2 Å². The summed E-state index contributed by atoms with van der Waals surface area (Å²) in [6, 6.07) is 0. The second-order valence-corrected chi connectivity index (χ2v) is 8.05. The Kier molecular flexibility index (Phi) is 9.93. The van der Waals surface area contributed by atoms with Crippen LogP contribution in [0.3, 0.4) is 0 Å². The van der Waals surface area contributed by atoms with Gasteiger partial charge in [0.15, 0.2) is 5.96 Å². The van der Waals surface area contributed by atoms with E-state index in [-0.39, 0.29) is 29.9 Å². The van der Waals surface area contributed by atoms with Crippen LogP contribution in [0.25, 0.3) is 0 Å². The lowest BCUT2D eigenvalue weighted by Crippen LogP contribution is -2.54. The molecule has 2 fully saturated rings. The number of guanidine groups is 1. The molecule has 0 spiro atoms. The Morgan fingerprint density at radius 1 is 1.14 bits per heavy atom. The van der Waals surface area contributed by atoms with Crippen molar-refractivity contribution >= 4 is 47.2 Å². The van der Waals surface area contributed by atoms with Crippen molar-refractivity contribution in [2.24, 2.45) is 4.99 Å². The Hall–Kier alpha value is -0.940. The van der Waals surface area contributed by atoms with Crippen LogP contribution in [-0.2, 0) is 17.8 Å². The van der Waals surface area contributed by atoms with Gasteiger partial charge in [0.05, 0.1) is 23.8 Å². The second-order valence-electron chi connectivity index (χ2n) is 7.11. The molecule has 0 aromatic carbocycles. The van der Waals surface area contributed by atoms with Crippen molar-refractivity contribution in [3.05, 3.63) is 16.1 Å². The van der Waals surface area contributed by atoms with Crippen LogP contribution in [0.5, 0.6) is 0 Å². The van der Waals surface area contributed by atoms with Gasteiger partial charge in [-0.3, -0.25) is 9.69 Å². The molecular formula is C19H33IN6OS. The summed E-state index contributed by atoms with van der Waals surface area (Å²) in [5.74, 6) is 1.24. The number of carbonyl (C=O) groups is 1. The molecule has 158 valence electrons. The van der Waals surface area contributed by atoms with Crippen molar-refractivity contribution in [3.63, 3.8) is 0 Å². The number of rotatable bonds is 6. The van der Waals surface area contributed by atoms with E-state index in [2.05, 4.69) is 39.3 Å². The van der Waals surface area contributed by atoms with Crippen molar-refractivity contribution in [2.45, 2.75) is 39.7 Å². The van der Waals surface area contributed by atoms with Crippen molar-refractivity contribution in [1.82, 2.24) is 25.0 Å². The second kappa shape index (κ2) is 11.9. The molecule has 7 nitrogen and oxygen atoms in total. The summed E-state index contributed by atoms with van der Waals surface area (Å²) in [7, 11) is 0. The number of carbonyl (C=O) groups excluding carboxylic acids is 1. The predicted octanol–water partition coefficient (Wildman–Crippen LogP) is 2.03. The molecule has 2 aliphatic heterocycles. The summed E-state index contributed by atoms with van der Waals surface area (Å²) in [4.78, 5) is 28.3. The van der Waals surface area contributed by atoms with Crippen LogP contribution >= 0.6 is 35.3 Å². The first kappa shape index (κ1) is 23.3. The molecule has 9 heteroatoms. The molecule has 0 bridgehead atoms. The van der Waals surface area contributed by atoms with Gasteiger partial charge in [-0.15, -0.1) is 35.3 Å². The normalized spacial score (nSPS) is 18.3. The smallest absolute Gasteiger partial charge is 0.236 e. The number of hydrogen-bond donors (Lipinski definition) is 1. The fourth-order valence-corrected chi connectivity index (χ4v) is 4.28. The largest absolute Gasteiger partial charge is 0.357 e.